The molecule has 1 saturated heterocycles. The smallest absolute Gasteiger partial charge is 0.161 e. The van der Waals surface area contributed by atoms with Crippen LogP contribution in [-0.2, 0) is 4.74 Å². The second-order valence-corrected chi connectivity index (χ2v) is 5.06. The van der Waals surface area contributed by atoms with E-state index in [1.54, 1.807) is 7.11 Å². The van der Waals surface area contributed by atoms with Crippen molar-refractivity contribution in [1.82, 2.24) is 10.2 Å². The summed E-state index contributed by atoms with van der Waals surface area (Å²) in [6, 6.07) is 7.70. The maximum Gasteiger partial charge on any atom is 0.161 e. The average molecular weight is 294 g/mol. The number of rotatable bonds is 9. The molecule has 21 heavy (non-hydrogen) atoms. The lowest BCUT2D eigenvalue weighted by molar-refractivity contribution is 0.0899. The van der Waals surface area contributed by atoms with Crippen LogP contribution >= 0.6 is 0 Å². The Hall–Kier alpha value is -1.30. The van der Waals surface area contributed by atoms with Crippen molar-refractivity contribution >= 4 is 0 Å². The summed E-state index contributed by atoms with van der Waals surface area (Å²) in [5, 5.41) is 3.35. The average Bonchev–Trinajstić information content (AvgIpc) is 2.55. The number of ether oxygens (including phenoxy) is 3. The Morgan fingerprint density at radius 3 is 2.57 bits per heavy atom. The van der Waals surface area contributed by atoms with Crippen molar-refractivity contribution < 1.29 is 14.2 Å². The van der Waals surface area contributed by atoms with Gasteiger partial charge < -0.3 is 19.5 Å². The van der Waals surface area contributed by atoms with E-state index in [1.165, 1.54) is 0 Å². The molecule has 0 atom stereocenters. The van der Waals surface area contributed by atoms with Crippen LogP contribution in [0.25, 0.3) is 0 Å². The topological polar surface area (TPSA) is 43.0 Å². The Bertz CT molecular complexity index is 395. The minimum absolute atomic E-state index is 0.647. The molecule has 1 aromatic carbocycles. The summed E-state index contributed by atoms with van der Waals surface area (Å²) in [5.74, 6) is 1.57. The zero-order chi connectivity index (χ0) is 14.8. The number of hydrogen-bond acceptors (Lipinski definition) is 5. The van der Waals surface area contributed by atoms with E-state index in [0.29, 0.717) is 6.61 Å². The Morgan fingerprint density at radius 1 is 1.05 bits per heavy atom. The van der Waals surface area contributed by atoms with E-state index in [9.17, 15) is 0 Å². The predicted molar refractivity (Wildman–Crippen MR) is 83.2 cm³/mol. The van der Waals surface area contributed by atoms with Gasteiger partial charge in [-0.25, -0.2) is 0 Å². The normalized spacial score (nSPS) is 15.9. The largest absolute Gasteiger partial charge is 0.493 e. The van der Waals surface area contributed by atoms with Crippen molar-refractivity contribution in [2.24, 2.45) is 0 Å². The van der Waals surface area contributed by atoms with Gasteiger partial charge in [-0.15, -0.1) is 0 Å². The summed E-state index contributed by atoms with van der Waals surface area (Å²) < 4.78 is 16.6. The van der Waals surface area contributed by atoms with Crippen LogP contribution in [0.15, 0.2) is 24.3 Å². The third-order valence-corrected chi connectivity index (χ3v) is 3.52. The molecular formula is C16H26N2O3. The minimum Gasteiger partial charge on any atom is -0.493 e. The fraction of sp³-hybridized carbons (Fsp3) is 0.625. The van der Waals surface area contributed by atoms with Crippen LogP contribution < -0.4 is 14.8 Å². The number of para-hydroxylation sites is 2. The molecular weight excluding hydrogens is 268 g/mol. The van der Waals surface area contributed by atoms with E-state index >= 15 is 0 Å². The zero-order valence-electron chi connectivity index (χ0n) is 12.8. The Labute approximate surface area is 127 Å². The highest BCUT2D eigenvalue weighted by Crippen LogP contribution is 2.25. The molecule has 5 nitrogen and oxygen atoms in total. The van der Waals surface area contributed by atoms with E-state index in [2.05, 4.69) is 10.2 Å². The number of nitrogens with one attached hydrogen (secondary N) is 1. The van der Waals surface area contributed by atoms with E-state index in [4.69, 9.17) is 14.2 Å². The summed E-state index contributed by atoms with van der Waals surface area (Å²) >= 11 is 0. The van der Waals surface area contributed by atoms with Crippen LogP contribution in [0.1, 0.15) is 6.42 Å². The number of piperazine rings is 1. The summed E-state index contributed by atoms with van der Waals surface area (Å²) in [7, 11) is 1.65. The molecule has 0 unspecified atom stereocenters. The van der Waals surface area contributed by atoms with Gasteiger partial charge in [0.05, 0.1) is 20.3 Å². The molecule has 1 aliphatic heterocycles. The standard InChI is InChI=1S/C16H26N2O3/c1-19-15-5-2-3-6-16(15)21-13-4-12-20-14-11-18-9-7-17-8-10-18/h2-3,5-6,17H,4,7-14H2,1H3. The molecule has 5 heteroatoms. The van der Waals surface area contributed by atoms with Gasteiger partial charge in [-0.2, -0.15) is 0 Å². The first-order chi connectivity index (χ1) is 10.4. The molecule has 0 amide bonds. The Kier molecular flexibility index (Phi) is 7.35. The maximum absolute atomic E-state index is 5.70. The number of methoxy groups -OCH3 is 1. The van der Waals surface area contributed by atoms with Crippen molar-refractivity contribution in [2.45, 2.75) is 6.42 Å². The molecule has 0 bridgehead atoms. The molecule has 0 radical (unpaired) electrons. The van der Waals surface area contributed by atoms with Crippen LogP contribution in [0.4, 0.5) is 0 Å². The van der Waals surface area contributed by atoms with Crippen LogP contribution in [0.3, 0.4) is 0 Å². The van der Waals surface area contributed by atoms with Crippen LogP contribution in [-0.4, -0.2) is 64.6 Å². The quantitative estimate of drug-likeness (QED) is 0.697. The molecule has 0 saturated carbocycles. The van der Waals surface area contributed by atoms with Gasteiger partial charge in [-0.1, -0.05) is 12.1 Å². The summed E-state index contributed by atoms with van der Waals surface area (Å²) in [6.45, 7) is 7.64. The SMILES string of the molecule is COc1ccccc1OCCCOCCN1CCNCC1. The zero-order valence-corrected chi connectivity index (χ0v) is 12.8. The predicted octanol–water partition coefficient (Wildman–Crippen LogP) is 1.39. The van der Waals surface area contributed by atoms with Gasteiger partial charge in [0, 0.05) is 45.8 Å². The first-order valence-corrected chi connectivity index (χ1v) is 7.67. The lowest BCUT2D eigenvalue weighted by Gasteiger charge is -2.26. The second-order valence-electron chi connectivity index (χ2n) is 5.06. The number of nitrogens with zero attached hydrogens (tertiary/aromatic N) is 1. The van der Waals surface area contributed by atoms with Gasteiger partial charge in [0.15, 0.2) is 11.5 Å². The lowest BCUT2D eigenvalue weighted by Crippen LogP contribution is -2.44. The number of hydrogen-bond donors (Lipinski definition) is 1. The van der Waals surface area contributed by atoms with Crippen molar-refractivity contribution in [3.8, 4) is 11.5 Å². The molecule has 0 spiro atoms. The maximum atomic E-state index is 5.70. The lowest BCUT2D eigenvalue weighted by atomic mass is 10.3. The highest BCUT2D eigenvalue weighted by Gasteiger charge is 2.08. The highest BCUT2D eigenvalue weighted by atomic mass is 16.5. The highest BCUT2D eigenvalue weighted by molar-refractivity contribution is 5.39. The molecule has 118 valence electrons. The van der Waals surface area contributed by atoms with Crippen LogP contribution in [0.2, 0.25) is 0 Å². The monoisotopic (exact) mass is 294 g/mol. The van der Waals surface area contributed by atoms with Gasteiger partial charge in [-0.05, 0) is 12.1 Å². The van der Waals surface area contributed by atoms with Crippen molar-refractivity contribution in [2.75, 3.05) is 59.7 Å². The fourth-order valence-electron chi connectivity index (χ4n) is 2.31. The van der Waals surface area contributed by atoms with Gasteiger partial charge in [0.1, 0.15) is 0 Å². The Balaban J connectivity index is 1.50. The van der Waals surface area contributed by atoms with Gasteiger partial charge >= 0.3 is 0 Å². The molecule has 0 aliphatic carbocycles. The summed E-state index contributed by atoms with van der Waals surface area (Å²) in [5.41, 5.74) is 0. The van der Waals surface area contributed by atoms with E-state index in [0.717, 1.165) is 63.9 Å². The molecule has 1 N–H and O–H groups in total. The van der Waals surface area contributed by atoms with Gasteiger partial charge in [0.2, 0.25) is 0 Å². The molecule has 1 fully saturated rings. The van der Waals surface area contributed by atoms with E-state index < -0.39 is 0 Å². The summed E-state index contributed by atoms with van der Waals surface area (Å²) in [4.78, 5) is 2.43. The first-order valence-electron chi connectivity index (χ1n) is 7.67. The van der Waals surface area contributed by atoms with Crippen LogP contribution in [0.5, 0.6) is 11.5 Å². The van der Waals surface area contributed by atoms with Crippen molar-refractivity contribution in [1.29, 1.82) is 0 Å². The molecule has 1 heterocycles. The third kappa shape index (κ3) is 5.91. The molecule has 1 aliphatic rings. The Morgan fingerprint density at radius 2 is 1.81 bits per heavy atom. The molecule has 1 aromatic rings. The van der Waals surface area contributed by atoms with Gasteiger partial charge in [0.25, 0.3) is 0 Å². The fourth-order valence-corrected chi connectivity index (χ4v) is 2.31. The minimum atomic E-state index is 0.647. The van der Waals surface area contributed by atoms with Crippen molar-refractivity contribution in [3.63, 3.8) is 0 Å². The summed E-state index contributed by atoms with van der Waals surface area (Å²) in [6.07, 6.45) is 0.888. The second kappa shape index (κ2) is 9.60. The van der Waals surface area contributed by atoms with Crippen LogP contribution in [0, 0.1) is 0 Å². The first kappa shape index (κ1) is 16.1. The molecule has 0 aromatic heterocycles. The third-order valence-electron chi connectivity index (χ3n) is 3.52. The molecule has 2 rings (SSSR count). The number of benzene rings is 1. The van der Waals surface area contributed by atoms with Crippen molar-refractivity contribution in [3.05, 3.63) is 24.3 Å². The van der Waals surface area contributed by atoms with E-state index in [-0.39, 0.29) is 0 Å². The van der Waals surface area contributed by atoms with E-state index in [1.807, 2.05) is 24.3 Å². The van der Waals surface area contributed by atoms with Gasteiger partial charge in [-0.3, -0.25) is 4.90 Å².